The molecule has 0 aromatic heterocycles. The van der Waals surface area contributed by atoms with Crippen LogP contribution in [0.1, 0.15) is 11.1 Å². The fourth-order valence-corrected chi connectivity index (χ4v) is 3.07. The average molecular weight is 303 g/mol. The second kappa shape index (κ2) is 7.70. The molecule has 2 N–H and O–H groups in total. The van der Waals surface area contributed by atoms with E-state index in [4.69, 9.17) is 14.6 Å². The number of hydrogen-bond donors (Lipinski definition) is 2. The fourth-order valence-electron chi connectivity index (χ4n) is 1.71. The van der Waals surface area contributed by atoms with Gasteiger partial charge in [-0.25, -0.2) is 13.1 Å². The lowest BCUT2D eigenvalue weighted by Crippen LogP contribution is -2.35. The standard InChI is InChI=1S/C13H21NO5S/c1-10-4-5-11(8-15)6-13(10)20(16,17)14-7-12(19-3)9-18-2/h4-6,12,14-15H,7-9H2,1-3H3. The van der Waals surface area contributed by atoms with Crippen LogP contribution in [0.25, 0.3) is 0 Å². The zero-order valence-corrected chi connectivity index (χ0v) is 12.7. The monoisotopic (exact) mass is 303 g/mol. The number of methoxy groups -OCH3 is 2. The topological polar surface area (TPSA) is 84.9 Å². The maximum absolute atomic E-state index is 12.3. The van der Waals surface area contributed by atoms with Crippen LogP contribution in [0.5, 0.6) is 0 Å². The van der Waals surface area contributed by atoms with E-state index in [1.807, 2.05) is 0 Å². The molecule has 20 heavy (non-hydrogen) atoms. The van der Waals surface area contributed by atoms with Crippen LogP contribution < -0.4 is 4.72 Å². The SMILES string of the molecule is COCC(CNS(=O)(=O)c1cc(CO)ccc1C)OC. The number of sulfonamides is 1. The molecule has 0 heterocycles. The quantitative estimate of drug-likeness (QED) is 0.727. The van der Waals surface area contributed by atoms with E-state index in [1.165, 1.54) is 20.3 Å². The Morgan fingerprint density at radius 3 is 2.60 bits per heavy atom. The van der Waals surface area contributed by atoms with Crippen molar-refractivity contribution in [2.24, 2.45) is 0 Å². The number of nitrogens with one attached hydrogen (secondary N) is 1. The van der Waals surface area contributed by atoms with E-state index in [9.17, 15) is 8.42 Å². The highest BCUT2D eigenvalue weighted by molar-refractivity contribution is 7.89. The van der Waals surface area contributed by atoms with Crippen LogP contribution in [0.3, 0.4) is 0 Å². The molecule has 0 aliphatic rings. The Labute approximate surface area is 119 Å². The number of rotatable bonds is 8. The molecule has 1 aromatic rings. The summed E-state index contributed by atoms with van der Waals surface area (Å²) in [5.74, 6) is 0. The van der Waals surface area contributed by atoms with Crippen molar-refractivity contribution in [1.29, 1.82) is 0 Å². The Bertz CT molecular complexity index is 530. The lowest BCUT2D eigenvalue weighted by Gasteiger charge is -2.16. The molecule has 1 aromatic carbocycles. The molecule has 114 valence electrons. The summed E-state index contributed by atoms with van der Waals surface area (Å²) in [7, 11) is -0.625. The molecule has 1 atom stereocenters. The minimum absolute atomic E-state index is 0.121. The number of aliphatic hydroxyl groups excluding tert-OH is 1. The number of hydrogen-bond acceptors (Lipinski definition) is 5. The van der Waals surface area contributed by atoms with Crippen molar-refractivity contribution in [2.45, 2.75) is 24.5 Å². The lowest BCUT2D eigenvalue weighted by atomic mass is 10.2. The summed E-state index contributed by atoms with van der Waals surface area (Å²) in [5, 5.41) is 9.09. The van der Waals surface area contributed by atoms with Crippen LogP contribution in [-0.2, 0) is 26.1 Å². The molecule has 0 bridgehead atoms. The highest BCUT2D eigenvalue weighted by Gasteiger charge is 2.19. The third-order valence-electron chi connectivity index (χ3n) is 2.91. The van der Waals surface area contributed by atoms with Crippen molar-refractivity contribution in [1.82, 2.24) is 4.72 Å². The first kappa shape index (κ1) is 17.1. The number of aryl methyl sites for hydroxylation is 1. The zero-order valence-electron chi connectivity index (χ0n) is 11.9. The Hall–Kier alpha value is -0.990. The smallest absolute Gasteiger partial charge is 0.240 e. The van der Waals surface area contributed by atoms with Gasteiger partial charge in [-0.2, -0.15) is 0 Å². The normalized spacial score (nSPS) is 13.4. The van der Waals surface area contributed by atoms with Crippen molar-refractivity contribution in [3.05, 3.63) is 29.3 Å². The first-order valence-electron chi connectivity index (χ1n) is 6.16. The predicted molar refractivity (Wildman–Crippen MR) is 75.0 cm³/mol. The number of aliphatic hydroxyl groups is 1. The van der Waals surface area contributed by atoms with Crippen molar-refractivity contribution in [3.63, 3.8) is 0 Å². The highest BCUT2D eigenvalue weighted by Crippen LogP contribution is 2.17. The van der Waals surface area contributed by atoms with E-state index in [2.05, 4.69) is 4.72 Å². The van der Waals surface area contributed by atoms with Gasteiger partial charge in [0.25, 0.3) is 0 Å². The van der Waals surface area contributed by atoms with E-state index in [1.54, 1.807) is 19.1 Å². The fraction of sp³-hybridized carbons (Fsp3) is 0.538. The molecule has 0 aliphatic heterocycles. The third-order valence-corrected chi connectivity index (χ3v) is 4.48. The summed E-state index contributed by atoms with van der Waals surface area (Å²) in [4.78, 5) is 0.163. The molecule has 0 spiro atoms. The van der Waals surface area contributed by atoms with Gasteiger partial charge >= 0.3 is 0 Å². The van der Waals surface area contributed by atoms with Crippen molar-refractivity contribution in [3.8, 4) is 0 Å². The zero-order chi connectivity index (χ0) is 15.2. The molecular formula is C13H21NO5S. The molecule has 0 aliphatic carbocycles. The second-order valence-electron chi connectivity index (χ2n) is 4.42. The summed E-state index contributed by atoms with van der Waals surface area (Å²) in [6, 6.07) is 4.83. The van der Waals surface area contributed by atoms with Gasteiger partial charge in [-0.1, -0.05) is 12.1 Å². The molecular weight excluding hydrogens is 282 g/mol. The summed E-state index contributed by atoms with van der Waals surface area (Å²) in [6.07, 6.45) is -0.351. The summed E-state index contributed by atoms with van der Waals surface area (Å²) >= 11 is 0. The summed E-state index contributed by atoms with van der Waals surface area (Å²) in [5.41, 5.74) is 1.17. The van der Waals surface area contributed by atoms with Gasteiger partial charge in [0.2, 0.25) is 10.0 Å². The molecule has 6 nitrogen and oxygen atoms in total. The van der Waals surface area contributed by atoms with Gasteiger partial charge in [-0.05, 0) is 24.1 Å². The minimum Gasteiger partial charge on any atom is -0.392 e. The van der Waals surface area contributed by atoms with Gasteiger partial charge in [-0.15, -0.1) is 0 Å². The van der Waals surface area contributed by atoms with Gasteiger partial charge in [-0.3, -0.25) is 0 Å². The Morgan fingerprint density at radius 1 is 1.35 bits per heavy atom. The van der Waals surface area contributed by atoms with Crippen molar-refractivity contribution >= 4 is 10.0 Å². The van der Waals surface area contributed by atoms with Crippen LogP contribution >= 0.6 is 0 Å². The maximum Gasteiger partial charge on any atom is 0.240 e. The van der Waals surface area contributed by atoms with E-state index < -0.39 is 10.0 Å². The van der Waals surface area contributed by atoms with Gasteiger partial charge in [0.15, 0.2) is 0 Å². The summed E-state index contributed by atoms with van der Waals surface area (Å²) in [6.45, 7) is 1.93. The molecule has 0 saturated carbocycles. The van der Waals surface area contributed by atoms with E-state index in [0.717, 1.165) is 0 Å². The van der Waals surface area contributed by atoms with Crippen molar-refractivity contribution in [2.75, 3.05) is 27.4 Å². The van der Waals surface area contributed by atoms with Crippen molar-refractivity contribution < 1.29 is 23.0 Å². The summed E-state index contributed by atoms with van der Waals surface area (Å²) < 4.78 is 37.0. The third kappa shape index (κ3) is 4.53. The van der Waals surface area contributed by atoms with Gasteiger partial charge in [0, 0.05) is 20.8 Å². The second-order valence-corrected chi connectivity index (χ2v) is 6.16. The van der Waals surface area contributed by atoms with Gasteiger partial charge in [0.05, 0.1) is 24.2 Å². The van der Waals surface area contributed by atoms with Crippen LogP contribution in [0.4, 0.5) is 0 Å². The number of ether oxygens (including phenoxy) is 2. The van der Waals surface area contributed by atoms with Crippen LogP contribution in [0, 0.1) is 6.92 Å². The van der Waals surface area contributed by atoms with Crippen LogP contribution in [0.2, 0.25) is 0 Å². The Morgan fingerprint density at radius 2 is 2.05 bits per heavy atom. The largest absolute Gasteiger partial charge is 0.392 e. The Kier molecular flexibility index (Phi) is 6.57. The number of benzene rings is 1. The molecule has 0 saturated heterocycles. The highest BCUT2D eigenvalue weighted by atomic mass is 32.2. The first-order chi connectivity index (χ1) is 9.44. The average Bonchev–Trinajstić information content (AvgIpc) is 2.43. The predicted octanol–water partition coefficient (Wildman–Crippen LogP) is 0.427. The molecule has 7 heteroatoms. The van der Waals surface area contributed by atoms with Gasteiger partial charge in [0.1, 0.15) is 0 Å². The Balaban J connectivity index is 2.88. The van der Waals surface area contributed by atoms with E-state index in [-0.39, 0.29) is 24.2 Å². The maximum atomic E-state index is 12.3. The van der Waals surface area contributed by atoms with E-state index >= 15 is 0 Å². The first-order valence-corrected chi connectivity index (χ1v) is 7.64. The van der Waals surface area contributed by atoms with Crippen LogP contribution in [-0.4, -0.2) is 47.0 Å². The molecule has 1 unspecified atom stereocenters. The molecule has 0 radical (unpaired) electrons. The molecule has 0 amide bonds. The van der Waals surface area contributed by atoms with Crippen LogP contribution in [0.15, 0.2) is 23.1 Å². The minimum atomic E-state index is -3.64. The molecule has 0 fully saturated rings. The van der Waals surface area contributed by atoms with Gasteiger partial charge < -0.3 is 14.6 Å². The van der Waals surface area contributed by atoms with E-state index in [0.29, 0.717) is 17.7 Å². The lowest BCUT2D eigenvalue weighted by molar-refractivity contribution is 0.0320. The molecule has 1 rings (SSSR count).